The van der Waals surface area contributed by atoms with Crippen LogP contribution in [0.4, 0.5) is 0 Å². The first-order valence-electron chi connectivity index (χ1n) is 5.89. The van der Waals surface area contributed by atoms with Gasteiger partial charge in [-0.25, -0.2) is 4.98 Å². The van der Waals surface area contributed by atoms with Gasteiger partial charge in [0.15, 0.2) is 0 Å². The highest BCUT2D eigenvalue weighted by molar-refractivity contribution is 5.40. The number of nitrogens with zero attached hydrogens (tertiary/aromatic N) is 1. The minimum atomic E-state index is 0.00745. The molecule has 3 nitrogen and oxygen atoms in total. The number of hydrogen-bond donors (Lipinski definition) is 1. The van der Waals surface area contributed by atoms with Crippen LogP contribution >= 0.6 is 0 Å². The molecule has 0 radical (unpaired) electrons. The monoisotopic (exact) mass is 243 g/mol. The molecule has 0 aliphatic carbocycles. The average molecular weight is 243 g/mol. The number of para-hydroxylation sites is 1. The van der Waals surface area contributed by atoms with Gasteiger partial charge in [0.2, 0.25) is 5.88 Å². The number of pyridine rings is 1. The molecule has 0 saturated heterocycles. The van der Waals surface area contributed by atoms with Crippen molar-refractivity contribution in [1.29, 1.82) is 0 Å². The van der Waals surface area contributed by atoms with E-state index in [4.69, 9.17) is 4.74 Å². The Bertz CT molecular complexity index is 527. The molecule has 18 heavy (non-hydrogen) atoms. The van der Waals surface area contributed by atoms with Crippen molar-refractivity contribution in [3.05, 3.63) is 48.2 Å². The largest absolute Gasteiger partial charge is 0.506 e. The third-order valence-electron chi connectivity index (χ3n) is 2.63. The topological polar surface area (TPSA) is 42.4 Å². The van der Waals surface area contributed by atoms with Crippen LogP contribution in [0.15, 0.2) is 42.6 Å². The predicted molar refractivity (Wildman–Crippen MR) is 71.1 cm³/mol. The van der Waals surface area contributed by atoms with Gasteiger partial charge in [-0.3, -0.25) is 0 Å². The van der Waals surface area contributed by atoms with E-state index in [1.807, 2.05) is 18.2 Å². The number of hydrogen-bond acceptors (Lipinski definition) is 3. The van der Waals surface area contributed by atoms with Crippen LogP contribution in [0.5, 0.6) is 17.4 Å². The van der Waals surface area contributed by atoms with Gasteiger partial charge < -0.3 is 9.84 Å². The summed E-state index contributed by atoms with van der Waals surface area (Å²) in [5, 5.41) is 9.19. The van der Waals surface area contributed by atoms with E-state index in [1.165, 1.54) is 6.20 Å². The normalized spacial score (nSPS) is 11.3. The van der Waals surface area contributed by atoms with Gasteiger partial charge in [0.25, 0.3) is 0 Å². The van der Waals surface area contributed by atoms with Crippen LogP contribution in [0, 0.1) is 0 Å². The Kier molecular flexibility index (Phi) is 3.24. The van der Waals surface area contributed by atoms with Gasteiger partial charge in [-0.05, 0) is 17.5 Å². The maximum absolute atomic E-state index is 9.19. The summed E-state index contributed by atoms with van der Waals surface area (Å²) < 4.78 is 5.77. The van der Waals surface area contributed by atoms with E-state index in [0.717, 1.165) is 11.3 Å². The minimum Gasteiger partial charge on any atom is -0.506 e. The molecular weight excluding hydrogens is 226 g/mol. The first-order valence-corrected chi connectivity index (χ1v) is 5.89. The van der Waals surface area contributed by atoms with Crippen LogP contribution in [-0.4, -0.2) is 10.1 Å². The number of ether oxygens (including phenoxy) is 1. The zero-order valence-electron chi connectivity index (χ0n) is 10.8. The van der Waals surface area contributed by atoms with E-state index in [-0.39, 0.29) is 11.2 Å². The quantitative estimate of drug-likeness (QED) is 0.870. The van der Waals surface area contributed by atoms with Gasteiger partial charge in [0, 0.05) is 11.6 Å². The van der Waals surface area contributed by atoms with Gasteiger partial charge in [-0.15, -0.1) is 0 Å². The van der Waals surface area contributed by atoms with E-state index in [0.29, 0.717) is 5.88 Å². The van der Waals surface area contributed by atoms with Crippen molar-refractivity contribution in [2.75, 3.05) is 0 Å². The summed E-state index contributed by atoms with van der Waals surface area (Å²) in [6.45, 7) is 6.42. The molecule has 0 amide bonds. The Morgan fingerprint density at radius 2 is 1.78 bits per heavy atom. The molecule has 0 bridgehead atoms. The predicted octanol–water partition coefficient (Wildman–Crippen LogP) is 3.88. The smallest absolute Gasteiger partial charge is 0.219 e. The molecule has 1 aromatic heterocycles. The molecule has 94 valence electrons. The number of rotatable bonds is 2. The molecule has 1 heterocycles. The highest BCUT2D eigenvalue weighted by atomic mass is 16.5. The summed E-state index contributed by atoms with van der Waals surface area (Å²) in [4.78, 5) is 4.02. The standard InChI is InChI=1S/C15H17NO2/c1-15(2,3)12-6-4-5-7-13(12)18-14-9-8-11(17)10-16-14/h4-10,17H,1-3H3. The van der Waals surface area contributed by atoms with Gasteiger partial charge >= 0.3 is 0 Å². The molecule has 0 aliphatic rings. The van der Waals surface area contributed by atoms with Crippen molar-refractivity contribution in [2.45, 2.75) is 26.2 Å². The highest BCUT2D eigenvalue weighted by Gasteiger charge is 2.18. The molecule has 0 saturated carbocycles. The Morgan fingerprint density at radius 1 is 1.06 bits per heavy atom. The van der Waals surface area contributed by atoms with E-state index < -0.39 is 0 Å². The zero-order valence-corrected chi connectivity index (χ0v) is 10.8. The van der Waals surface area contributed by atoms with E-state index in [1.54, 1.807) is 12.1 Å². The maximum atomic E-state index is 9.19. The summed E-state index contributed by atoms with van der Waals surface area (Å²) in [7, 11) is 0. The van der Waals surface area contributed by atoms with Crippen molar-refractivity contribution in [1.82, 2.24) is 4.98 Å². The highest BCUT2D eigenvalue weighted by Crippen LogP contribution is 2.33. The molecule has 2 rings (SSSR count). The SMILES string of the molecule is CC(C)(C)c1ccccc1Oc1ccc(O)cn1. The third kappa shape index (κ3) is 2.80. The maximum Gasteiger partial charge on any atom is 0.219 e. The molecule has 0 aliphatic heterocycles. The van der Waals surface area contributed by atoms with Gasteiger partial charge in [-0.1, -0.05) is 39.0 Å². The van der Waals surface area contributed by atoms with Crippen molar-refractivity contribution in [3.63, 3.8) is 0 Å². The van der Waals surface area contributed by atoms with E-state index in [2.05, 4.69) is 31.8 Å². The molecule has 1 aromatic carbocycles. The first kappa shape index (κ1) is 12.4. The molecule has 1 N–H and O–H groups in total. The zero-order chi connectivity index (χ0) is 13.2. The number of aromatic hydroxyl groups is 1. The molecule has 2 aromatic rings. The van der Waals surface area contributed by atoms with Crippen molar-refractivity contribution < 1.29 is 9.84 Å². The molecule has 0 unspecified atom stereocenters. The lowest BCUT2D eigenvalue weighted by molar-refractivity contribution is 0.432. The summed E-state index contributed by atoms with van der Waals surface area (Å²) in [5.41, 5.74) is 1.13. The van der Waals surface area contributed by atoms with E-state index >= 15 is 0 Å². The first-order chi connectivity index (χ1) is 8.47. The Balaban J connectivity index is 2.32. The number of aromatic nitrogens is 1. The van der Waals surface area contributed by atoms with Crippen LogP contribution in [0.2, 0.25) is 0 Å². The molecule has 0 spiro atoms. The molecule has 3 heteroatoms. The fourth-order valence-electron chi connectivity index (χ4n) is 1.72. The van der Waals surface area contributed by atoms with Crippen LogP contribution in [0.3, 0.4) is 0 Å². The Morgan fingerprint density at radius 3 is 2.39 bits per heavy atom. The van der Waals surface area contributed by atoms with Gasteiger partial charge in [0.05, 0.1) is 6.20 Å². The summed E-state index contributed by atoms with van der Waals surface area (Å²) in [6.07, 6.45) is 1.37. The Hall–Kier alpha value is -2.03. The molecule has 0 atom stereocenters. The molecular formula is C15H17NO2. The third-order valence-corrected chi connectivity index (χ3v) is 2.63. The fourth-order valence-corrected chi connectivity index (χ4v) is 1.72. The summed E-state index contributed by atoms with van der Waals surface area (Å²) in [5.74, 6) is 1.40. The Labute approximate surface area is 107 Å². The lowest BCUT2D eigenvalue weighted by Gasteiger charge is -2.22. The van der Waals surface area contributed by atoms with E-state index in [9.17, 15) is 5.11 Å². The van der Waals surface area contributed by atoms with Crippen LogP contribution in [-0.2, 0) is 5.41 Å². The van der Waals surface area contributed by atoms with Crippen molar-refractivity contribution in [3.8, 4) is 17.4 Å². The van der Waals surface area contributed by atoms with Crippen LogP contribution in [0.1, 0.15) is 26.3 Å². The molecule has 0 fully saturated rings. The van der Waals surface area contributed by atoms with Crippen molar-refractivity contribution >= 4 is 0 Å². The summed E-state index contributed by atoms with van der Waals surface area (Å²) >= 11 is 0. The second-order valence-corrected chi connectivity index (χ2v) is 5.20. The second kappa shape index (κ2) is 4.69. The lowest BCUT2D eigenvalue weighted by atomic mass is 9.86. The van der Waals surface area contributed by atoms with Crippen LogP contribution < -0.4 is 4.74 Å². The van der Waals surface area contributed by atoms with Gasteiger partial charge in [0.1, 0.15) is 11.5 Å². The number of benzene rings is 1. The lowest BCUT2D eigenvalue weighted by Crippen LogP contribution is -2.12. The van der Waals surface area contributed by atoms with Crippen molar-refractivity contribution in [2.24, 2.45) is 0 Å². The van der Waals surface area contributed by atoms with Gasteiger partial charge in [-0.2, -0.15) is 0 Å². The minimum absolute atomic E-state index is 0.00745. The summed E-state index contributed by atoms with van der Waals surface area (Å²) in [6, 6.07) is 11.1. The fraction of sp³-hybridized carbons (Fsp3) is 0.267. The van der Waals surface area contributed by atoms with Crippen LogP contribution in [0.25, 0.3) is 0 Å². The second-order valence-electron chi connectivity index (χ2n) is 5.20. The average Bonchev–Trinajstić information content (AvgIpc) is 2.31.